The van der Waals surface area contributed by atoms with Crippen molar-refractivity contribution in [2.45, 2.75) is 55.9 Å². The number of hydrogen-bond acceptors (Lipinski definition) is 8. The lowest BCUT2D eigenvalue weighted by Crippen LogP contribution is -2.61. The molecule has 8 nitrogen and oxygen atoms in total. The van der Waals surface area contributed by atoms with Crippen LogP contribution < -0.4 is 0 Å². The van der Waals surface area contributed by atoms with Crippen molar-refractivity contribution in [3.63, 3.8) is 0 Å². The molecule has 2 rings (SSSR count). The number of sulfone groups is 4. The standard InChI is InChI=1S/C11H10F10O4S2.C11H4F10O4S2/c2*1-2-3-5(12)7(14)4(8(15)6(3)13)9(26(22,23)10(16,17)18)27(24,25)11(19,20)21/h2-9H,1H2;2,9H,1H2. The third-order valence-corrected chi connectivity index (χ3v) is 16.0. The van der Waals surface area contributed by atoms with E-state index in [2.05, 4.69) is 13.2 Å². The molecule has 1 aliphatic carbocycles. The molecule has 0 heterocycles. The van der Waals surface area contributed by atoms with Crippen molar-refractivity contribution in [3.8, 4) is 0 Å². The van der Waals surface area contributed by atoms with Gasteiger partial charge in [-0.05, 0) is 0 Å². The quantitative estimate of drug-likeness (QED) is 0.159. The molecule has 0 amide bonds. The van der Waals surface area contributed by atoms with E-state index in [1.54, 1.807) is 0 Å². The van der Waals surface area contributed by atoms with Gasteiger partial charge in [0, 0.05) is 5.92 Å². The molecule has 54 heavy (non-hydrogen) atoms. The highest BCUT2D eigenvalue weighted by molar-refractivity contribution is 8.10. The van der Waals surface area contributed by atoms with Gasteiger partial charge in [-0.15, -0.1) is 6.58 Å². The van der Waals surface area contributed by atoms with Gasteiger partial charge in [0.1, 0.15) is 24.7 Å². The van der Waals surface area contributed by atoms with E-state index < -0.39 is 141 Å². The molecule has 0 N–H and O–H groups in total. The van der Waals surface area contributed by atoms with E-state index in [-0.39, 0.29) is 12.2 Å². The smallest absolute Gasteiger partial charge is 0.244 e. The van der Waals surface area contributed by atoms with E-state index in [9.17, 15) is 121 Å². The fourth-order valence-corrected chi connectivity index (χ4v) is 11.8. The average molecular weight is 915 g/mol. The summed E-state index contributed by atoms with van der Waals surface area (Å²) in [7, 11) is -30.1. The van der Waals surface area contributed by atoms with Crippen molar-refractivity contribution >= 4 is 45.4 Å². The van der Waals surface area contributed by atoms with E-state index in [4.69, 9.17) is 0 Å². The molecular weight excluding hydrogens is 900 g/mol. The van der Waals surface area contributed by atoms with Gasteiger partial charge in [0.15, 0.2) is 27.9 Å². The van der Waals surface area contributed by atoms with Crippen LogP contribution in [0.2, 0.25) is 0 Å². The van der Waals surface area contributed by atoms with Gasteiger partial charge in [-0.1, -0.05) is 18.7 Å². The first-order valence-corrected chi connectivity index (χ1v) is 18.7. The Morgan fingerprint density at radius 3 is 0.981 bits per heavy atom. The summed E-state index contributed by atoms with van der Waals surface area (Å²) in [6.07, 6.45) is -14.0. The second kappa shape index (κ2) is 15.2. The molecule has 32 heteroatoms. The molecule has 4 atom stereocenters. The third-order valence-electron chi connectivity index (χ3n) is 6.90. The Hall–Kier alpha value is -2.90. The van der Waals surface area contributed by atoms with Gasteiger partial charge >= 0.3 is 22.0 Å². The van der Waals surface area contributed by atoms with Crippen LogP contribution in [0.1, 0.15) is 15.7 Å². The average Bonchev–Trinajstić information content (AvgIpc) is 2.97. The topological polar surface area (TPSA) is 137 Å². The molecule has 0 radical (unpaired) electrons. The van der Waals surface area contributed by atoms with Crippen LogP contribution in [0.25, 0.3) is 6.08 Å². The van der Waals surface area contributed by atoms with Crippen molar-refractivity contribution in [2.75, 3.05) is 0 Å². The second-order valence-electron chi connectivity index (χ2n) is 10.1. The van der Waals surface area contributed by atoms with E-state index in [0.29, 0.717) is 0 Å². The first kappa shape index (κ1) is 49.1. The van der Waals surface area contributed by atoms with Crippen LogP contribution in [0.4, 0.5) is 87.8 Å². The highest BCUT2D eigenvalue weighted by atomic mass is 32.3. The summed E-state index contributed by atoms with van der Waals surface area (Å²) in [5.41, 5.74) is -31.9. The van der Waals surface area contributed by atoms with Crippen LogP contribution in [0.3, 0.4) is 0 Å². The second-order valence-corrected chi connectivity index (χ2v) is 18.9. The van der Waals surface area contributed by atoms with Crippen molar-refractivity contribution in [3.05, 3.63) is 53.6 Å². The summed E-state index contributed by atoms with van der Waals surface area (Å²) in [4.78, 5) is 0. The molecule has 1 aromatic carbocycles. The molecule has 4 unspecified atom stereocenters. The number of allylic oxidation sites excluding steroid dienone is 1. The normalized spacial score (nSPS) is 23.9. The number of benzene rings is 1. The zero-order valence-electron chi connectivity index (χ0n) is 24.6. The predicted octanol–water partition coefficient (Wildman–Crippen LogP) is 6.72. The maximum absolute atomic E-state index is 14.1. The molecule has 0 bridgehead atoms. The van der Waals surface area contributed by atoms with Crippen molar-refractivity contribution in [1.82, 2.24) is 0 Å². The predicted molar refractivity (Wildman–Crippen MR) is 140 cm³/mol. The zero-order chi connectivity index (χ0) is 43.5. The molecule has 0 spiro atoms. The number of halogens is 20. The van der Waals surface area contributed by atoms with Gasteiger partial charge in [-0.2, -0.15) is 52.7 Å². The lowest BCUT2D eigenvalue weighted by Gasteiger charge is -2.41. The van der Waals surface area contributed by atoms with E-state index in [0.717, 1.165) is 0 Å². The Kier molecular flexibility index (Phi) is 13.8. The monoisotopic (exact) mass is 914 g/mol. The lowest BCUT2D eigenvalue weighted by atomic mass is 9.77. The number of hydrogen-bond donors (Lipinski definition) is 0. The summed E-state index contributed by atoms with van der Waals surface area (Å²) < 4.78 is 344. The Balaban J connectivity index is 0.000000540. The largest absolute Gasteiger partial charge is 0.499 e. The fourth-order valence-electron chi connectivity index (χ4n) is 4.38. The van der Waals surface area contributed by atoms with Crippen LogP contribution in [-0.2, 0) is 39.3 Å². The maximum atomic E-state index is 14.1. The number of alkyl halides is 16. The SMILES string of the molecule is C=CC1C(F)C(F)C(C(S(=O)(=O)C(F)(F)F)S(=O)(=O)C(F)(F)F)C(F)C1F.C=Cc1c(F)c(F)c(C(S(=O)(=O)C(F)(F)F)S(=O)(=O)C(F)(F)F)c(F)c1F. The summed E-state index contributed by atoms with van der Waals surface area (Å²) in [5.74, 6) is -17.8. The van der Waals surface area contributed by atoms with Crippen LogP contribution in [0.5, 0.6) is 0 Å². The first-order chi connectivity index (χ1) is 23.7. The van der Waals surface area contributed by atoms with Crippen LogP contribution in [0, 0.1) is 35.1 Å². The maximum Gasteiger partial charge on any atom is 0.499 e. The fraction of sp³-hybridized carbons (Fsp3) is 0.545. The molecule has 0 aliphatic heterocycles. The zero-order valence-corrected chi connectivity index (χ0v) is 27.9. The third kappa shape index (κ3) is 8.28. The van der Waals surface area contributed by atoms with Gasteiger partial charge in [0.25, 0.3) is 39.3 Å². The van der Waals surface area contributed by atoms with Crippen molar-refractivity contribution in [2.24, 2.45) is 11.8 Å². The highest BCUT2D eigenvalue weighted by Crippen LogP contribution is 2.49. The van der Waals surface area contributed by atoms with Crippen LogP contribution >= 0.6 is 0 Å². The molecule has 1 fully saturated rings. The molecule has 0 saturated heterocycles. The molecule has 1 aliphatic rings. The van der Waals surface area contributed by atoms with Crippen LogP contribution in [-0.4, -0.2) is 85.0 Å². The molecule has 1 aromatic rings. The molecular formula is C22H14F20O8S4. The first-order valence-electron chi connectivity index (χ1n) is 12.5. The Bertz CT molecular complexity index is 1920. The van der Waals surface area contributed by atoms with Gasteiger partial charge in [-0.3, -0.25) is 0 Å². The van der Waals surface area contributed by atoms with Crippen LogP contribution in [0.15, 0.2) is 19.2 Å². The van der Waals surface area contributed by atoms with E-state index in [1.807, 2.05) is 0 Å². The van der Waals surface area contributed by atoms with E-state index in [1.165, 1.54) is 0 Å². The highest BCUT2D eigenvalue weighted by Gasteiger charge is 2.70. The van der Waals surface area contributed by atoms with Gasteiger partial charge < -0.3 is 0 Å². The Morgan fingerprint density at radius 2 is 0.759 bits per heavy atom. The van der Waals surface area contributed by atoms with Gasteiger partial charge in [0.05, 0.1) is 17.0 Å². The minimum Gasteiger partial charge on any atom is -0.244 e. The minimum absolute atomic E-state index is 0.0616. The van der Waals surface area contributed by atoms with Crippen molar-refractivity contribution in [1.29, 1.82) is 0 Å². The minimum atomic E-state index is -7.58. The lowest BCUT2D eigenvalue weighted by molar-refractivity contribution is -0.0698. The van der Waals surface area contributed by atoms with Crippen molar-refractivity contribution < 1.29 is 121 Å². The molecule has 314 valence electrons. The summed E-state index contributed by atoms with van der Waals surface area (Å²) >= 11 is 0. The summed E-state index contributed by atoms with van der Waals surface area (Å²) in [6.45, 7) is 5.47. The molecule has 1 saturated carbocycles. The van der Waals surface area contributed by atoms with Gasteiger partial charge in [0.2, 0.25) is 4.58 Å². The number of rotatable bonds is 8. The van der Waals surface area contributed by atoms with Gasteiger partial charge in [-0.25, -0.2) is 68.8 Å². The molecule has 0 aromatic heterocycles. The summed E-state index contributed by atoms with van der Waals surface area (Å²) in [5, 5.41) is 0. The summed E-state index contributed by atoms with van der Waals surface area (Å²) in [6, 6.07) is 0. The Labute approximate surface area is 288 Å². The van der Waals surface area contributed by atoms with E-state index >= 15 is 0 Å². The Morgan fingerprint density at radius 1 is 0.481 bits per heavy atom.